The molecule has 5 amide bonds. The lowest BCUT2D eigenvalue weighted by Crippen LogP contribution is -2.42. The Morgan fingerprint density at radius 3 is 1.59 bits per heavy atom. The maximum Gasteiger partial charge on any atom is 0.320 e. The van der Waals surface area contributed by atoms with Gasteiger partial charge in [0.1, 0.15) is 19.3 Å². The minimum atomic E-state index is -1.01. The lowest BCUT2D eigenvalue weighted by atomic mass is 10.1. The van der Waals surface area contributed by atoms with Gasteiger partial charge in [-0.05, 0) is 20.4 Å². The lowest BCUT2D eigenvalue weighted by Gasteiger charge is -2.11. The van der Waals surface area contributed by atoms with Crippen LogP contribution >= 0.6 is 0 Å². The number of carbonyl (C=O) groups excluding carboxylic acids is 5. The number of likely N-dealkylation sites (N-methyl/N-ethyl adjacent to an activating group) is 2. The molecule has 1 atom stereocenters. The molecular weight excluding hydrogens is 548 g/mol. The highest BCUT2D eigenvalue weighted by Crippen LogP contribution is 1.97. The number of carboxylic acid groups (broad SMARTS) is 1. The Morgan fingerprint density at radius 2 is 1.07 bits per heavy atom. The molecule has 0 aliphatic heterocycles. The molecule has 0 aliphatic rings. The quantitative estimate of drug-likeness (QED) is 0.0478. The molecule has 0 aliphatic carbocycles. The third kappa shape index (κ3) is 24.2. The zero-order chi connectivity index (χ0) is 30.7. The van der Waals surface area contributed by atoms with Crippen molar-refractivity contribution in [1.82, 2.24) is 31.9 Å². The highest BCUT2D eigenvalue weighted by atomic mass is 16.5. The standard InChI is InChI=1S/C24H44N6O11/c1-3-26-20(32)14-29-21(33)15-30-23(35)17-41-13-11-39-9-7-28-22(34)16-40-12-10-38-8-6-27-19(31)5-4-18(25-2)24(36)37/h18,25H,3-17H2,1-2H3,(H,26,32)(H,27,31)(H,28,34)(H,29,33)(H,30,35)(H,36,37). The summed E-state index contributed by atoms with van der Waals surface area (Å²) in [6, 6.07) is -0.770. The number of carbonyl (C=O) groups is 6. The topological polar surface area (TPSA) is 232 Å². The molecule has 1 unspecified atom stereocenters. The van der Waals surface area contributed by atoms with Gasteiger partial charge in [0.2, 0.25) is 29.5 Å². The molecule has 236 valence electrons. The average Bonchev–Trinajstić information content (AvgIpc) is 2.93. The van der Waals surface area contributed by atoms with Crippen LogP contribution in [-0.2, 0) is 47.7 Å². The molecule has 0 radical (unpaired) electrons. The first kappa shape index (κ1) is 37.6. The van der Waals surface area contributed by atoms with Crippen LogP contribution in [0.3, 0.4) is 0 Å². The molecule has 0 saturated heterocycles. The molecule has 41 heavy (non-hydrogen) atoms. The largest absolute Gasteiger partial charge is 0.480 e. The van der Waals surface area contributed by atoms with Gasteiger partial charge in [-0.3, -0.25) is 28.8 Å². The molecule has 17 heteroatoms. The maximum absolute atomic E-state index is 11.7. The number of hydrogen-bond donors (Lipinski definition) is 7. The maximum atomic E-state index is 11.7. The average molecular weight is 593 g/mol. The Kier molecular flexibility index (Phi) is 23.5. The van der Waals surface area contributed by atoms with E-state index in [1.807, 2.05) is 0 Å². The number of aliphatic carboxylic acids is 1. The molecule has 0 aromatic carbocycles. The third-order valence-corrected chi connectivity index (χ3v) is 4.92. The van der Waals surface area contributed by atoms with E-state index in [1.54, 1.807) is 6.92 Å². The van der Waals surface area contributed by atoms with E-state index in [2.05, 4.69) is 31.9 Å². The molecule has 0 fully saturated rings. The highest BCUT2D eigenvalue weighted by molar-refractivity contribution is 5.88. The molecule has 0 saturated carbocycles. The Hall–Kier alpha value is -3.38. The molecule has 0 rings (SSSR count). The molecule has 0 aromatic heterocycles. The number of carboxylic acids is 1. The molecule has 0 aromatic rings. The van der Waals surface area contributed by atoms with Gasteiger partial charge in [-0.15, -0.1) is 0 Å². The second-order valence-electron chi connectivity index (χ2n) is 8.25. The summed E-state index contributed by atoms with van der Waals surface area (Å²) in [6.45, 7) is 3.13. The van der Waals surface area contributed by atoms with E-state index in [0.29, 0.717) is 6.54 Å². The highest BCUT2D eigenvalue weighted by Gasteiger charge is 2.16. The van der Waals surface area contributed by atoms with E-state index in [1.165, 1.54) is 7.05 Å². The van der Waals surface area contributed by atoms with E-state index in [4.69, 9.17) is 24.1 Å². The van der Waals surface area contributed by atoms with Crippen molar-refractivity contribution < 1.29 is 52.8 Å². The minimum Gasteiger partial charge on any atom is -0.480 e. The summed E-state index contributed by atoms with van der Waals surface area (Å²) in [5.74, 6) is -2.91. The first-order valence-corrected chi connectivity index (χ1v) is 13.2. The van der Waals surface area contributed by atoms with E-state index < -0.39 is 23.8 Å². The van der Waals surface area contributed by atoms with E-state index in [9.17, 15) is 28.8 Å². The molecule has 17 nitrogen and oxygen atoms in total. The fourth-order valence-corrected chi connectivity index (χ4v) is 2.83. The van der Waals surface area contributed by atoms with Gasteiger partial charge in [0.05, 0.1) is 52.7 Å². The van der Waals surface area contributed by atoms with Crippen LogP contribution in [-0.4, -0.2) is 139 Å². The number of amides is 5. The van der Waals surface area contributed by atoms with Crippen molar-refractivity contribution in [2.45, 2.75) is 25.8 Å². The van der Waals surface area contributed by atoms with Crippen LogP contribution < -0.4 is 31.9 Å². The van der Waals surface area contributed by atoms with Gasteiger partial charge in [0.15, 0.2) is 0 Å². The van der Waals surface area contributed by atoms with Gasteiger partial charge < -0.3 is 56.0 Å². The van der Waals surface area contributed by atoms with Crippen molar-refractivity contribution in [3.63, 3.8) is 0 Å². The van der Waals surface area contributed by atoms with Crippen LogP contribution in [0.5, 0.6) is 0 Å². The van der Waals surface area contributed by atoms with Crippen molar-refractivity contribution in [2.75, 3.05) is 92.6 Å². The molecule has 0 spiro atoms. The zero-order valence-electron chi connectivity index (χ0n) is 23.7. The SMILES string of the molecule is CCNC(=O)CNC(=O)CNC(=O)COCCOCCNC(=O)COCCOCCNC(=O)CCC(NC)C(=O)O. The second kappa shape index (κ2) is 25.6. The normalized spacial score (nSPS) is 11.3. The first-order chi connectivity index (χ1) is 19.7. The van der Waals surface area contributed by atoms with Gasteiger partial charge in [-0.25, -0.2) is 0 Å². The minimum absolute atomic E-state index is 0.0834. The molecule has 0 heterocycles. The summed E-state index contributed by atoms with van der Waals surface area (Å²) >= 11 is 0. The monoisotopic (exact) mass is 592 g/mol. The van der Waals surface area contributed by atoms with Gasteiger partial charge in [-0.1, -0.05) is 0 Å². The van der Waals surface area contributed by atoms with Gasteiger partial charge >= 0.3 is 5.97 Å². The van der Waals surface area contributed by atoms with Crippen LogP contribution in [0.25, 0.3) is 0 Å². The molecular formula is C24H44N6O11. The summed E-state index contributed by atoms with van der Waals surface area (Å²) in [4.78, 5) is 68.7. The fraction of sp³-hybridized carbons (Fsp3) is 0.750. The molecule has 7 N–H and O–H groups in total. The zero-order valence-corrected chi connectivity index (χ0v) is 23.7. The summed E-state index contributed by atoms with van der Waals surface area (Å²) in [7, 11) is 1.52. The first-order valence-electron chi connectivity index (χ1n) is 13.2. The van der Waals surface area contributed by atoms with Crippen molar-refractivity contribution in [1.29, 1.82) is 0 Å². The summed E-state index contributed by atoms with van der Waals surface area (Å²) in [5.41, 5.74) is 0. The number of ether oxygens (including phenoxy) is 4. The van der Waals surface area contributed by atoms with Crippen molar-refractivity contribution in [3.05, 3.63) is 0 Å². The Balaban J connectivity index is 3.50. The summed E-state index contributed by atoms with van der Waals surface area (Å²) < 4.78 is 20.9. The number of hydrogen-bond acceptors (Lipinski definition) is 11. The predicted molar refractivity (Wildman–Crippen MR) is 144 cm³/mol. The Labute approximate surface area is 239 Å². The summed E-state index contributed by atoms with van der Waals surface area (Å²) in [6.07, 6.45) is 0.267. The van der Waals surface area contributed by atoms with Crippen LogP contribution in [0.2, 0.25) is 0 Å². The fourth-order valence-electron chi connectivity index (χ4n) is 2.83. The van der Waals surface area contributed by atoms with Crippen LogP contribution in [0, 0.1) is 0 Å². The number of nitrogens with one attached hydrogen (secondary N) is 6. The van der Waals surface area contributed by atoms with Crippen LogP contribution in [0.15, 0.2) is 0 Å². The smallest absolute Gasteiger partial charge is 0.320 e. The van der Waals surface area contributed by atoms with E-state index >= 15 is 0 Å². The van der Waals surface area contributed by atoms with Gasteiger partial charge in [0, 0.05) is 26.1 Å². The van der Waals surface area contributed by atoms with E-state index in [-0.39, 0.29) is 110 Å². The lowest BCUT2D eigenvalue weighted by molar-refractivity contribution is -0.139. The number of rotatable bonds is 26. The van der Waals surface area contributed by atoms with Crippen molar-refractivity contribution in [2.24, 2.45) is 0 Å². The van der Waals surface area contributed by atoms with Crippen LogP contribution in [0.1, 0.15) is 19.8 Å². The predicted octanol–water partition coefficient (Wildman–Crippen LogP) is -3.89. The Morgan fingerprint density at radius 1 is 0.610 bits per heavy atom. The van der Waals surface area contributed by atoms with Gasteiger partial charge in [-0.2, -0.15) is 0 Å². The summed E-state index contributed by atoms with van der Waals surface area (Å²) in [5, 5.41) is 24.0. The van der Waals surface area contributed by atoms with E-state index in [0.717, 1.165) is 0 Å². The van der Waals surface area contributed by atoms with Crippen LogP contribution in [0.4, 0.5) is 0 Å². The van der Waals surface area contributed by atoms with Gasteiger partial charge in [0.25, 0.3) is 0 Å². The Bertz CT molecular complexity index is 800. The van der Waals surface area contributed by atoms with Crippen molar-refractivity contribution in [3.8, 4) is 0 Å². The molecule has 0 bridgehead atoms. The second-order valence-corrected chi connectivity index (χ2v) is 8.25. The van der Waals surface area contributed by atoms with Crippen molar-refractivity contribution >= 4 is 35.5 Å². The third-order valence-electron chi connectivity index (χ3n) is 4.92.